The number of nitrogens with one attached hydrogen (secondary N) is 2. The van der Waals surface area contributed by atoms with Gasteiger partial charge in [0.05, 0.1) is 13.2 Å². The van der Waals surface area contributed by atoms with E-state index in [0.717, 1.165) is 12.3 Å². The van der Waals surface area contributed by atoms with Crippen molar-refractivity contribution < 1.29 is 24.5 Å². The quantitative estimate of drug-likeness (QED) is 0.518. The number of rotatable bonds is 4. The lowest BCUT2D eigenvalue weighted by molar-refractivity contribution is -0.134. The number of aromatic amines is 1. The Bertz CT molecular complexity index is 1000. The van der Waals surface area contributed by atoms with Gasteiger partial charge in [-0.3, -0.25) is 0 Å². The molecule has 0 saturated carbocycles. The summed E-state index contributed by atoms with van der Waals surface area (Å²) >= 11 is 0. The van der Waals surface area contributed by atoms with Crippen molar-refractivity contribution in [3.05, 3.63) is 77.5 Å². The summed E-state index contributed by atoms with van der Waals surface area (Å²) in [4.78, 5) is 22.5. The van der Waals surface area contributed by atoms with Crippen molar-refractivity contribution in [2.45, 2.75) is 12.6 Å². The third-order valence-electron chi connectivity index (χ3n) is 4.45. The Morgan fingerprint density at radius 1 is 1.07 bits per heavy atom. The number of methoxy groups -OCH3 is 1. The fraction of sp³-hybridized carbons (Fsp3) is 0.143. The second-order valence-corrected chi connectivity index (χ2v) is 6.18. The van der Waals surface area contributed by atoms with Gasteiger partial charge in [0.25, 0.3) is 0 Å². The molecule has 0 bridgehead atoms. The predicted molar refractivity (Wildman–Crippen MR) is 104 cm³/mol. The average Bonchev–Trinajstić information content (AvgIpc) is 3.13. The summed E-state index contributed by atoms with van der Waals surface area (Å²) < 4.78 is 5.23. The number of H-pyrrole nitrogens is 1. The van der Waals surface area contributed by atoms with Gasteiger partial charge in [-0.1, -0.05) is 24.3 Å². The zero-order valence-corrected chi connectivity index (χ0v) is 15.2. The van der Waals surface area contributed by atoms with Crippen LogP contribution in [-0.4, -0.2) is 34.2 Å². The van der Waals surface area contributed by atoms with Crippen LogP contribution >= 0.6 is 0 Å². The summed E-state index contributed by atoms with van der Waals surface area (Å²) in [6, 6.07) is 15.0. The Labute approximate surface area is 161 Å². The maximum Gasteiger partial charge on any atom is 0.328 e. The van der Waals surface area contributed by atoms with Crippen molar-refractivity contribution in [2.75, 3.05) is 7.11 Å². The van der Waals surface area contributed by atoms with Gasteiger partial charge >= 0.3 is 11.9 Å². The molecule has 7 heteroatoms. The van der Waals surface area contributed by atoms with Gasteiger partial charge in [-0.15, -0.1) is 0 Å². The summed E-state index contributed by atoms with van der Waals surface area (Å²) in [5, 5.41) is 20.6. The molecule has 144 valence electrons. The fourth-order valence-corrected chi connectivity index (χ4v) is 3.22. The number of carboxylic acids is 2. The lowest BCUT2D eigenvalue weighted by Gasteiger charge is -2.24. The summed E-state index contributed by atoms with van der Waals surface area (Å²) in [7, 11) is 1.69. The van der Waals surface area contributed by atoms with Crippen LogP contribution in [0.2, 0.25) is 0 Å². The van der Waals surface area contributed by atoms with Crippen LogP contribution in [0.25, 0.3) is 10.9 Å². The number of carbonyl (C=O) groups is 2. The van der Waals surface area contributed by atoms with Crippen LogP contribution in [0.5, 0.6) is 5.75 Å². The van der Waals surface area contributed by atoms with Crippen LogP contribution in [0.4, 0.5) is 0 Å². The number of ether oxygens (including phenoxy) is 1. The molecule has 3 aromatic rings. The average molecular weight is 380 g/mol. The van der Waals surface area contributed by atoms with Gasteiger partial charge < -0.3 is 25.3 Å². The molecule has 1 atom stereocenters. The van der Waals surface area contributed by atoms with Gasteiger partial charge in [-0.25, -0.2) is 9.59 Å². The van der Waals surface area contributed by atoms with Crippen molar-refractivity contribution in [1.82, 2.24) is 10.3 Å². The van der Waals surface area contributed by atoms with Crippen LogP contribution in [0, 0.1) is 0 Å². The van der Waals surface area contributed by atoms with Gasteiger partial charge in [0.1, 0.15) is 5.75 Å². The second kappa shape index (κ2) is 8.41. The van der Waals surface area contributed by atoms with E-state index < -0.39 is 11.9 Å². The van der Waals surface area contributed by atoms with Crippen LogP contribution < -0.4 is 10.1 Å². The summed E-state index contributed by atoms with van der Waals surface area (Å²) in [6.45, 7) is 0.902. The molecule has 0 spiro atoms. The van der Waals surface area contributed by atoms with Crippen molar-refractivity contribution >= 4 is 22.8 Å². The van der Waals surface area contributed by atoms with Crippen LogP contribution in [0.3, 0.4) is 0 Å². The van der Waals surface area contributed by atoms with Crippen molar-refractivity contribution in [3.8, 4) is 5.75 Å². The maximum absolute atomic E-state index is 9.55. The van der Waals surface area contributed by atoms with Gasteiger partial charge in [0, 0.05) is 35.8 Å². The highest BCUT2D eigenvalue weighted by Gasteiger charge is 2.23. The first-order chi connectivity index (χ1) is 13.5. The molecule has 4 N–H and O–H groups in total. The zero-order chi connectivity index (χ0) is 20.1. The largest absolute Gasteiger partial charge is 0.497 e. The normalized spacial score (nSPS) is 15.1. The third kappa shape index (κ3) is 4.21. The van der Waals surface area contributed by atoms with Crippen LogP contribution in [-0.2, 0) is 16.1 Å². The monoisotopic (exact) mass is 380 g/mol. The highest BCUT2D eigenvalue weighted by Crippen LogP contribution is 2.35. The molecule has 4 rings (SSSR count). The van der Waals surface area contributed by atoms with E-state index in [2.05, 4.69) is 46.8 Å². The SMILES string of the molecule is COc1ccc(C2NCc3cccc4[nH]cc2c34)cc1.O=C(O)/C=C/C(=O)O. The second-order valence-electron chi connectivity index (χ2n) is 6.18. The molecule has 28 heavy (non-hydrogen) atoms. The Kier molecular flexibility index (Phi) is 5.76. The molecule has 2 heterocycles. The first kappa shape index (κ1) is 19.2. The fourth-order valence-electron chi connectivity index (χ4n) is 3.22. The Hall–Kier alpha value is -3.58. The zero-order valence-electron chi connectivity index (χ0n) is 15.2. The third-order valence-corrected chi connectivity index (χ3v) is 4.45. The Morgan fingerprint density at radius 3 is 2.36 bits per heavy atom. The number of aromatic nitrogens is 1. The predicted octanol–water partition coefficient (Wildman–Crippen LogP) is 3.08. The first-order valence-corrected chi connectivity index (χ1v) is 8.59. The Morgan fingerprint density at radius 2 is 1.75 bits per heavy atom. The van der Waals surface area contributed by atoms with Crippen molar-refractivity contribution in [1.29, 1.82) is 0 Å². The van der Waals surface area contributed by atoms with Crippen molar-refractivity contribution in [3.63, 3.8) is 0 Å². The van der Waals surface area contributed by atoms with E-state index >= 15 is 0 Å². The topological polar surface area (TPSA) is 112 Å². The van der Waals surface area contributed by atoms with E-state index in [4.69, 9.17) is 14.9 Å². The highest BCUT2D eigenvalue weighted by atomic mass is 16.5. The summed E-state index contributed by atoms with van der Waals surface area (Å²) in [5.74, 6) is -1.62. The Balaban J connectivity index is 0.000000242. The molecule has 0 aliphatic carbocycles. The van der Waals surface area contributed by atoms with Gasteiger partial charge in [0.2, 0.25) is 0 Å². The number of hydrogen-bond donors (Lipinski definition) is 4. The van der Waals surface area contributed by atoms with Crippen LogP contribution in [0.15, 0.2) is 60.8 Å². The minimum Gasteiger partial charge on any atom is -0.497 e. The summed E-state index contributed by atoms with van der Waals surface area (Å²) in [5.41, 5.74) is 5.18. The number of carboxylic acid groups (broad SMARTS) is 2. The van der Waals surface area contributed by atoms with Gasteiger partial charge in [-0.2, -0.15) is 0 Å². The first-order valence-electron chi connectivity index (χ1n) is 8.59. The molecule has 1 aliphatic heterocycles. The molecular weight excluding hydrogens is 360 g/mol. The minimum absolute atomic E-state index is 0.240. The van der Waals surface area contributed by atoms with Gasteiger partial charge in [-0.05, 0) is 34.9 Å². The molecule has 2 aromatic carbocycles. The maximum atomic E-state index is 9.55. The van der Waals surface area contributed by atoms with Crippen molar-refractivity contribution in [2.24, 2.45) is 0 Å². The molecule has 1 aliphatic rings. The molecular formula is C21H20N2O5. The van der Waals surface area contributed by atoms with E-state index in [1.165, 1.54) is 27.6 Å². The molecule has 0 radical (unpaired) electrons. The molecule has 1 aromatic heterocycles. The summed E-state index contributed by atoms with van der Waals surface area (Å²) in [6.07, 6.45) is 3.24. The van der Waals surface area contributed by atoms with E-state index in [9.17, 15) is 9.59 Å². The molecule has 1 unspecified atom stereocenters. The van der Waals surface area contributed by atoms with E-state index in [-0.39, 0.29) is 6.04 Å². The van der Waals surface area contributed by atoms with E-state index in [0.29, 0.717) is 12.2 Å². The highest BCUT2D eigenvalue weighted by molar-refractivity contribution is 5.89. The molecule has 0 amide bonds. The number of aliphatic carboxylic acids is 2. The minimum atomic E-state index is -1.26. The number of hydrogen-bond acceptors (Lipinski definition) is 4. The molecule has 7 nitrogen and oxygen atoms in total. The standard InChI is InChI=1S/C17H16N2O.C4H4O4/c1-20-13-7-5-11(6-8-13)17-14-10-18-15-4-2-3-12(9-19-17)16(14)15;5-3(6)1-2-4(7)8/h2-8,10,17-19H,9H2,1H3;1-2H,(H,5,6)(H,7,8)/b;2-1+. The molecule has 0 saturated heterocycles. The molecule has 0 fully saturated rings. The number of benzene rings is 2. The lowest BCUT2D eigenvalue weighted by atomic mass is 9.92. The van der Waals surface area contributed by atoms with E-state index in [1.807, 2.05) is 12.1 Å². The smallest absolute Gasteiger partial charge is 0.328 e. The van der Waals surface area contributed by atoms with Crippen LogP contribution in [0.1, 0.15) is 22.7 Å². The lowest BCUT2D eigenvalue weighted by Crippen LogP contribution is -2.25. The van der Waals surface area contributed by atoms with Gasteiger partial charge in [0.15, 0.2) is 0 Å². The van der Waals surface area contributed by atoms with E-state index in [1.54, 1.807) is 7.11 Å².